The predicted molar refractivity (Wildman–Crippen MR) is 82.7 cm³/mol. The maximum atomic E-state index is 12.6. The van der Waals surface area contributed by atoms with Crippen LogP contribution in [0.15, 0.2) is 38.5 Å². The highest BCUT2D eigenvalue weighted by molar-refractivity contribution is 7.89. The van der Waals surface area contributed by atoms with Gasteiger partial charge in [0.05, 0.1) is 0 Å². The van der Waals surface area contributed by atoms with E-state index in [4.69, 9.17) is 9.52 Å². The Balaban J connectivity index is 2.25. The van der Waals surface area contributed by atoms with Gasteiger partial charge in [-0.3, -0.25) is 0 Å². The number of hydrogen-bond acceptors (Lipinski definition) is 5. The SMILES string of the molecule is CCN(C(C)Cc1ccsc1)S(=O)(=O)c1ccc(C(=O)O)o1. The van der Waals surface area contributed by atoms with Crippen LogP contribution in [-0.2, 0) is 16.4 Å². The van der Waals surface area contributed by atoms with Gasteiger partial charge in [0, 0.05) is 12.6 Å². The van der Waals surface area contributed by atoms with E-state index in [9.17, 15) is 13.2 Å². The van der Waals surface area contributed by atoms with Gasteiger partial charge in [-0.15, -0.1) is 0 Å². The second-order valence-electron chi connectivity index (χ2n) is 4.82. The topological polar surface area (TPSA) is 87.8 Å². The zero-order valence-electron chi connectivity index (χ0n) is 12.2. The molecular weight excluding hydrogens is 326 g/mol. The fraction of sp³-hybridized carbons (Fsp3) is 0.357. The van der Waals surface area contributed by atoms with Gasteiger partial charge in [-0.2, -0.15) is 15.6 Å². The lowest BCUT2D eigenvalue weighted by Crippen LogP contribution is -2.39. The summed E-state index contributed by atoms with van der Waals surface area (Å²) in [6.07, 6.45) is 0.586. The third-order valence-corrected chi connectivity index (χ3v) is 5.97. The summed E-state index contributed by atoms with van der Waals surface area (Å²) in [6.45, 7) is 3.83. The minimum atomic E-state index is -3.86. The highest BCUT2D eigenvalue weighted by atomic mass is 32.2. The number of hydrogen-bond donors (Lipinski definition) is 1. The fourth-order valence-corrected chi connectivity index (χ4v) is 4.50. The Morgan fingerprint density at radius 3 is 2.64 bits per heavy atom. The summed E-state index contributed by atoms with van der Waals surface area (Å²) in [4.78, 5) is 10.8. The minimum Gasteiger partial charge on any atom is -0.475 e. The number of carboxylic acids is 1. The van der Waals surface area contributed by atoms with Crippen LogP contribution in [0.2, 0.25) is 0 Å². The van der Waals surface area contributed by atoms with Gasteiger partial charge in [-0.05, 0) is 47.9 Å². The van der Waals surface area contributed by atoms with Crippen molar-refractivity contribution in [2.45, 2.75) is 31.4 Å². The van der Waals surface area contributed by atoms with Gasteiger partial charge in [0.1, 0.15) is 0 Å². The van der Waals surface area contributed by atoms with Crippen molar-refractivity contribution >= 4 is 27.3 Å². The Morgan fingerprint density at radius 2 is 2.14 bits per heavy atom. The average Bonchev–Trinajstić information content (AvgIpc) is 3.09. The molecule has 0 aromatic carbocycles. The van der Waals surface area contributed by atoms with E-state index in [0.717, 1.165) is 11.6 Å². The Labute approximate surface area is 133 Å². The van der Waals surface area contributed by atoms with Gasteiger partial charge in [0.2, 0.25) is 10.9 Å². The third-order valence-electron chi connectivity index (χ3n) is 3.27. The standard InChI is InChI=1S/C14H17NO5S2/c1-3-15(10(2)8-11-6-7-21-9-11)22(18,19)13-5-4-12(20-13)14(16)17/h4-7,9-10H,3,8H2,1-2H3,(H,16,17). The summed E-state index contributed by atoms with van der Waals surface area (Å²) in [5.74, 6) is -1.68. The van der Waals surface area contributed by atoms with Gasteiger partial charge < -0.3 is 9.52 Å². The molecule has 0 aliphatic heterocycles. The molecule has 0 fully saturated rings. The zero-order valence-corrected chi connectivity index (χ0v) is 13.9. The number of carboxylic acid groups (broad SMARTS) is 1. The summed E-state index contributed by atoms with van der Waals surface area (Å²) in [6, 6.07) is 4.02. The lowest BCUT2D eigenvalue weighted by Gasteiger charge is -2.25. The number of rotatable bonds is 7. The van der Waals surface area contributed by atoms with Gasteiger partial charge in [-0.1, -0.05) is 6.92 Å². The molecule has 120 valence electrons. The number of thiophene rings is 1. The van der Waals surface area contributed by atoms with Crippen LogP contribution in [-0.4, -0.2) is 36.4 Å². The Morgan fingerprint density at radius 1 is 1.41 bits per heavy atom. The van der Waals surface area contributed by atoms with Crippen LogP contribution in [0, 0.1) is 0 Å². The molecule has 0 saturated carbocycles. The predicted octanol–water partition coefficient (Wildman–Crippen LogP) is 2.68. The van der Waals surface area contributed by atoms with Crippen molar-refractivity contribution in [3.63, 3.8) is 0 Å². The van der Waals surface area contributed by atoms with Crippen LogP contribution in [0.3, 0.4) is 0 Å². The highest BCUT2D eigenvalue weighted by Crippen LogP contribution is 2.22. The molecule has 2 rings (SSSR count). The smallest absolute Gasteiger partial charge is 0.371 e. The first-order valence-electron chi connectivity index (χ1n) is 6.72. The Hall–Kier alpha value is -1.64. The number of carbonyl (C=O) groups is 1. The molecule has 6 nitrogen and oxygen atoms in total. The van der Waals surface area contributed by atoms with Crippen molar-refractivity contribution < 1.29 is 22.7 Å². The molecule has 0 aliphatic carbocycles. The van der Waals surface area contributed by atoms with Crippen LogP contribution >= 0.6 is 11.3 Å². The molecule has 1 N–H and O–H groups in total. The first-order chi connectivity index (χ1) is 10.4. The van der Waals surface area contributed by atoms with Crippen molar-refractivity contribution in [2.24, 2.45) is 0 Å². The maximum Gasteiger partial charge on any atom is 0.371 e. The molecule has 0 amide bonds. The molecule has 0 bridgehead atoms. The average molecular weight is 343 g/mol. The first kappa shape index (κ1) is 16.7. The Bertz CT molecular complexity index is 733. The molecule has 0 aliphatic rings. The van der Waals surface area contributed by atoms with Crippen molar-refractivity contribution in [3.05, 3.63) is 40.3 Å². The quantitative estimate of drug-likeness (QED) is 0.835. The molecule has 1 atom stereocenters. The van der Waals surface area contributed by atoms with Gasteiger partial charge >= 0.3 is 5.97 Å². The van der Waals surface area contributed by atoms with Gasteiger partial charge in [-0.25, -0.2) is 13.2 Å². The molecule has 22 heavy (non-hydrogen) atoms. The van der Waals surface area contributed by atoms with E-state index in [1.807, 2.05) is 23.8 Å². The van der Waals surface area contributed by atoms with E-state index in [2.05, 4.69) is 0 Å². The molecule has 0 saturated heterocycles. The van der Waals surface area contributed by atoms with E-state index in [1.165, 1.54) is 10.4 Å². The van der Waals surface area contributed by atoms with E-state index in [-0.39, 0.29) is 23.4 Å². The Kier molecular flexibility index (Phi) is 5.05. The monoisotopic (exact) mass is 343 g/mol. The lowest BCUT2D eigenvalue weighted by molar-refractivity contribution is 0.0656. The molecule has 1 unspecified atom stereocenters. The van der Waals surface area contributed by atoms with E-state index in [1.54, 1.807) is 18.3 Å². The van der Waals surface area contributed by atoms with Crippen LogP contribution in [0.5, 0.6) is 0 Å². The molecule has 2 heterocycles. The molecule has 2 aromatic rings. The lowest BCUT2D eigenvalue weighted by atomic mass is 10.1. The second-order valence-corrected chi connectivity index (χ2v) is 7.42. The summed E-state index contributed by atoms with van der Waals surface area (Å²) in [7, 11) is -3.86. The zero-order chi connectivity index (χ0) is 16.3. The summed E-state index contributed by atoms with van der Waals surface area (Å²) >= 11 is 1.56. The number of nitrogens with zero attached hydrogens (tertiary/aromatic N) is 1. The van der Waals surface area contributed by atoms with E-state index >= 15 is 0 Å². The maximum absolute atomic E-state index is 12.6. The van der Waals surface area contributed by atoms with E-state index < -0.39 is 16.0 Å². The summed E-state index contributed by atoms with van der Waals surface area (Å²) < 4.78 is 31.5. The number of aromatic carboxylic acids is 1. The summed E-state index contributed by atoms with van der Waals surface area (Å²) in [5, 5.41) is 12.4. The van der Waals surface area contributed by atoms with Gasteiger partial charge in [0.25, 0.3) is 10.0 Å². The van der Waals surface area contributed by atoms with E-state index in [0.29, 0.717) is 6.42 Å². The van der Waals surface area contributed by atoms with Crippen molar-refractivity contribution in [2.75, 3.05) is 6.54 Å². The number of likely N-dealkylation sites (N-methyl/N-ethyl adjacent to an activating group) is 1. The van der Waals surface area contributed by atoms with Crippen LogP contribution in [0.25, 0.3) is 0 Å². The molecular formula is C14H17NO5S2. The summed E-state index contributed by atoms with van der Waals surface area (Å²) in [5.41, 5.74) is 1.07. The largest absolute Gasteiger partial charge is 0.475 e. The normalized spacial score (nSPS) is 13.4. The highest BCUT2D eigenvalue weighted by Gasteiger charge is 2.31. The third kappa shape index (κ3) is 3.40. The molecule has 0 spiro atoms. The van der Waals surface area contributed by atoms with Crippen LogP contribution < -0.4 is 0 Å². The minimum absolute atomic E-state index is 0.261. The second kappa shape index (κ2) is 6.64. The molecule has 0 radical (unpaired) electrons. The number of furan rings is 1. The first-order valence-corrected chi connectivity index (χ1v) is 9.10. The van der Waals surface area contributed by atoms with Crippen LogP contribution in [0.1, 0.15) is 30.0 Å². The van der Waals surface area contributed by atoms with Crippen molar-refractivity contribution in [1.82, 2.24) is 4.31 Å². The van der Waals surface area contributed by atoms with Gasteiger partial charge in [0.15, 0.2) is 0 Å². The number of sulfonamides is 1. The van der Waals surface area contributed by atoms with Crippen molar-refractivity contribution in [1.29, 1.82) is 0 Å². The molecule has 8 heteroatoms. The molecule has 2 aromatic heterocycles. The van der Waals surface area contributed by atoms with Crippen LogP contribution in [0.4, 0.5) is 0 Å². The fourth-order valence-electron chi connectivity index (χ4n) is 2.26. The van der Waals surface area contributed by atoms with Crippen molar-refractivity contribution in [3.8, 4) is 0 Å².